The molecule has 0 bridgehead atoms. The molecule has 0 unspecified atom stereocenters. The van der Waals surface area contributed by atoms with Crippen molar-refractivity contribution in [3.05, 3.63) is 69.8 Å². The molecule has 0 saturated heterocycles. The largest absolute Gasteiger partial charge is 0.480 e. The van der Waals surface area contributed by atoms with Crippen LogP contribution in [-0.4, -0.2) is 6.29 Å². The molecule has 3 rings (SSSR count). The number of aryl methyl sites for hydroxylation is 1. The molecule has 100 valence electrons. The van der Waals surface area contributed by atoms with Crippen LogP contribution in [0.4, 0.5) is 0 Å². The van der Waals surface area contributed by atoms with Gasteiger partial charge in [-0.1, -0.05) is 41.4 Å². The quantitative estimate of drug-likeness (QED) is 0.766. The number of carbonyl (C=O) groups is 1. The van der Waals surface area contributed by atoms with Gasteiger partial charge in [0.05, 0.1) is 0 Å². The molecule has 1 heterocycles. The molecule has 2 nitrogen and oxygen atoms in total. The highest BCUT2D eigenvalue weighted by molar-refractivity contribution is 6.30. The predicted octanol–water partition coefficient (Wildman–Crippen LogP) is 4.36. The number of carbonyl (C=O) groups excluding carboxylic acids is 1. The van der Waals surface area contributed by atoms with E-state index in [1.807, 2.05) is 43.3 Å². The molecule has 0 radical (unpaired) electrons. The lowest BCUT2D eigenvalue weighted by molar-refractivity contribution is -0.105. The minimum Gasteiger partial charge on any atom is -0.480 e. The smallest absolute Gasteiger partial charge is 0.152 e. The van der Waals surface area contributed by atoms with Gasteiger partial charge in [0, 0.05) is 16.2 Å². The molecule has 0 spiro atoms. The van der Waals surface area contributed by atoms with Gasteiger partial charge in [0.25, 0.3) is 0 Å². The average Bonchev–Trinajstić information content (AvgIpc) is 2.46. The third-order valence-electron chi connectivity index (χ3n) is 3.36. The van der Waals surface area contributed by atoms with E-state index in [4.69, 9.17) is 16.3 Å². The maximum atomic E-state index is 11.3. The number of halogens is 1. The number of ether oxygens (including phenoxy) is 1. The van der Waals surface area contributed by atoms with Gasteiger partial charge in [0.15, 0.2) is 6.10 Å². The molecular formula is C17H13ClO2. The second-order valence-corrected chi connectivity index (χ2v) is 5.29. The Kier molecular flexibility index (Phi) is 3.33. The van der Waals surface area contributed by atoms with Crippen molar-refractivity contribution in [1.29, 1.82) is 0 Å². The van der Waals surface area contributed by atoms with Gasteiger partial charge in [0.2, 0.25) is 0 Å². The van der Waals surface area contributed by atoms with E-state index in [1.54, 1.807) is 12.1 Å². The summed E-state index contributed by atoms with van der Waals surface area (Å²) in [6.07, 6.45) is 2.32. The Bertz CT molecular complexity index is 687. The fourth-order valence-corrected chi connectivity index (χ4v) is 2.47. The summed E-state index contributed by atoms with van der Waals surface area (Å²) in [7, 11) is 0. The van der Waals surface area contributed by atoms with Crippen molar-refractivity contribution in [3.8, 4) is 5.75 Å². The van der Waals surface area contributed by atoms with Crippen molar-refractivity contribution in [3.63, 3.8) is 0 Å². The summed E-state index contributed by atoms with van der Waals surface area (Å²) in [4.78, 5) is 11.3. The Morgan fingerprint density at radius 2 is 1.90 bits per heavy atom. The third kappa shape index (κ3) is 2.35. The highest BCUT2D eigenvalue weighted by atomic mass is 35.5. The third-order valence-corrected chi connectivity index (χ3v) is 3.59. The Labute approximate surface area is 122 Å². The summed E-state index contributed by atoms with van der Waals surface area (Å²) < 4.78 is 5.96. The van der Waals surface area contributed by atoms with E-state index >= 15 is 0 Å². The zero-order valence-electron chi connectivity index (χ0n) is 11.0. The lowest BCUT2D eigenvalue weighted by atomic mass is 9.96. The molecule has 1 aliphatic rings. The highest BCUT2D eigenvalue weighted by Crippen LogP contribution is 2.37. The monoisotopic (exact) mass is 284 g/mol. The zero-order chi connectivity index (χ0) is 14.1. The van der Waals surface area contributed by atoms with Crippen LogP contribution < -0.4 is 4.74 Å². The number of aldehydes is 1. The normalized spacial score (nSPS) is 16.9. The van der Waals surface area contributed by atoms with Crippen molar-refractivity contribution in [2.24, 2.45) is 0 Å². The van der Waals surface area contributed by atoms with E-state index < -0.39 is 0 Å². The van der Waals surface area contributed by atoms with Gasteiger partial charge in [-0.2, -0.15) is 0 Å². The lowest BCUT2D eigenvalue weighted by Crippen LogP contribution is -2.15. The summed E-state index contributed by atoms with van der Waals surface area (Å²) in [6.45, 7) is 2.03. The van der Waals surface area contributed by atoms with E-state index in [2.05, 4.69) is 0 Å². The number of rotatable bonds is 2. The molecule has 1 aliphatic heterocycles. The molecule has 0 N–H and O–H groups in total. The lowest BCUT2D eigenvalue weighted by Gasteiger charge is -2.25. The van der Waals surface area contributed by atoms with Crippen LogP contribution in [0, 0.1) is 6.92 Å². The van der Waals surface area contributed by atoms with Crippen LogP contribution in [0.1, 0.15) is 22.8 Å². The minimum absolute atomic E-state index is 0.359. The summed E-state index contributed by atoms with van der Waals surface area (Å²) in [5.74, 6) is 0.741. The van der Waals surface area contributed by atoms with Crippen LogP contribution in [0.2, 0.25) is 5.02 Å². The van der Waals surface area contributed by atoms with Crippen LogP contribution in [0.3, 0.4) is 0 Å². The molecule has 2 aromatic rings. The zero-order valence-corrected chi connectivity index (χ0v) is 11.7. The Balaban J connectivity index is 2.04. The predicted molar refractivity (Wildman–Crippen MR) is 80.0 cm³/mol. The van der Waals surface area contributed by atoms with E-state index in [0.29, 0.717) is 10.6 Å². The van der Waals surface area contributed by atoms with Crippen LogP contribution in [0.5, 0.6) is 5.75 Å². The van der Waals surface area contributed by atoms with Gasteiger partial charge in [-0.15, -0.1) is 0 Å². The highest BCUT2D eigenvalue weighted by Gasteiger charge is 2.24. The van der Waals surface area contributed by atoms with Crippen molar-refractivity contribution in [2.75, 3.05) is 0 Å². The molecule has 0 fully saturated rings. The van der Waals surface area contributed by atoms with Crippen molar-refractivity contribution in [1.82, 2.24) is 0 Å². The standard InChI is InChI=1S/C17H13ClO2/c1-11-2-4-12(5-3-11)17-14(10-19)8-13-9-15(18)6-7-16(13)20-17/h2-10,17H,1H3/t17-/m1/s1. The Hall–Kier alpha value is -2.06. The van der Waals surface area contributed by atoms with E-state index in [-0.39, 0.29) is 6.10 Å². The van der Waals surface area contributed by atoms with Gasteiger partial charge >= 0.3 is 0 Å². The molecule has 1 atom stereocenters. The second-order valence-electron chi connectivity index (χ2n) is 4.85. The van der Waals surface area contributed by atoms with Crippen molar-refractivity contribution >= 4 is 24.0 Å². The van der Waals surface area contributed by atoms with E-state index in [1.165, 1.54) is 5.56 Å². The molecule has 0 saturated carbocycles. The van der Waals surface area contributed by atoms with Gasteiger partial charge in [0.1, 0.15) is 12.0 Å². The molecule has 0 aromatic heterocycles. The number of hydrogen-bond acceptors (Lipinski definition) is 2. The first-order chi connectivity index (χ1) is 9.67. The minimum atomic E-state index is -0.359. The SMILES string of the molecule is Cc1ccc([C@H]2Oc3ccc(Cl)cc3C=C2C=O)cc1. The Morgan fingerprint density at radius 1 is 1.15 bits per heavy atom. The Morgan fingerprint density at radius 3 is 2.60 bits per heavy atom. The fraction of sp³-hybridized carbons (Fsp3) is 0.118. The van der Waals surface area contributed by atoms with E-state index in [0.717, 1.165) is 23.2 Å². The van der Waals surface area contributed by atoms with Crippen LogP contribution in [0.25, 0.3) is 6.08 Å². The average molecular weight is 285 g/mol. The molecule has 20 heavy (non-hydrogen) atoms. The maximum Gasteiger partial charge on any atom is 0.152 e. The van der Waals surface area contributed by atoms with Gasteiger partial charge in [-0.05, 0) is 36.8 Å². The molecule has 2 aromatic carbocycles. The number of benzene rings is 2. The van der Waals surface area contributed by atoms with Crippen LogP contribution in [-0.2, 0) is 4.79 Å². The summed E-state index contributed by atoms with van der Waals surface area (Å²) in [6, 6.07) is 13.4. The second kappa shape index (κ2) is 5.14. The van der Waals surface area contributed by atoms with Gasteiger partial charge in [-0.3, -0.25) is 4.79 Å². The van der Waals surface area contributed by atoms with Crippen LogP contribution >= 0.6 is 11.6 Å². The molecule has 3 heteroatoms. The first-order valence-corrected chi connectivity index (χ1v) is 6.75. The summed E-state index contributed by atoms with van der Waals surface area (Å²) >= 11 is 5.97. The molecular weight excluding hydrogens is 272 g/mol. The first-order valence-electron chi connectivity index (χ1n) is 6.37. The number of hydrogen-bond donors (Lipinski definition) is 0. The topological polar surface area (TPSA) is 26.3 Å². The molecule has 0 aliphatic carbocycles. The van der Waals surface area contributed by atoms with Crippen molar-refractivity contribution in [2.45, 2.75) is 13.0 Å². The van der Waals surface area contributed by atoms with Gasteiger partial charge < -0.3 is 4.74 Å². The number of fused-ring (bicyclic) bond motifs is 1. The summed E-state index contributed by atoms with van der Waals surface area (Å²) in [5.41, 5.74) is 3.58. The van der Waals surface area contributed by atoms with Crippen molar-refractivity contribution < 1.29 is 9.53 Å². The fourth-order valence-electron chi connectivity index (χ4n) is 2.29. The maximum absolute atomic E-state index is 11.3. The molecule has 0 amide bonds. The van der Waals surface area contributed by atoms with Crippen LogP contribution in [0.15, 0.2) is 48.0 Å². The first kappa shape index (κ1) is 12.9. The summed E-state index contributed by atoms with van der Waals surface area (Å²) in [5, 5.41) is 0.627. The van der Waals surface area contributed by atoms with E-state index in [9.17, 15) is 4.79 Å². The van der Waals surface area contributed by atoms with Gasteiger partial charge in [-0.25, -0.2) is 0 Å².